The molecular weight excluding hydrogens is 434 g/mol. The molecule has 0 aromatic heterocycles. The molecule has 0 spiro atoms. The summed E-state index contributed by atoms with van der Waals surface area (Å²) in [5, 5.41) is 8.95. The lowest BCUT2D eigenvalue weighted by Crippen LogP contribution is -2.43. The first-order valence-electron chi connectivity index (χ1n) is 11.7. The fourth-order valence-electron chi connectivity index (χ4n) is 4.82. The number of hydrogen-bond donors (Lipinski definition) is 2. The van der Waals surface area contributed by atoms with Crippen LogP contribution in [-0.2, 0) is 11.2 Å². The first kappa shape index (κ1) is 24.0. The van der Waals surface area contributed by atoms with Crippen LogP contribution in [0.15, 0.2) is 84.0 Å². The van der Waals surface area contributed by atoms with Crippen LogP contribution < -0.4 is 10.6 Å². The van der Waals surface area contributed by atoms with Crippen molar-refractivity contribution in [1.82, 2.24) is 0 Å². The molecule has 0 amide bonds. The van der Waals surface area contributed by atoms with Gasteiger partial charge in [-0.25, -0.2) is 4.79 Å². The maximum absolute atomic E-state index is 10.9. The van der Waals surface area contributed by atoms with Gasteiger partial charge in [-0.05, 0) is 66.3 Å². The van der Waals surface area contributed by atoms with Gasteiger partial charge in [-0.15, -0.1) is 0 Å². The van der Waals surface area contributed by atoms with Crippen molar-refractivity contribution < 1.29 is 9.90 Å². The van der Waals surface area contributed by atoms with Crippen LogP contribution >= 0.6 is 0 Å². The van der Waals surface area contributed by atoms with Gasteiger partial charge in [-0.2, -0.15) is 0 Å². The van der Waals surface area contributed by atoms with Crippen molar-refractivity contribution >= 4 is 29.5 Å². The van der Waals surface area contributed by atoms with Gasteiger partial charge in [0.05, 0.1) is 6.04 Å². The van der Waals surface area contributed by atoms with E-state index >= 15 is 0 Å². The van der Waals surface area contributed by atoms with Gasteiger partial charge in [0.1, 0.15) is 0 Å². The number of allylic oxidation sites excluding steroid dienone is 1. The Morgan fingerprint density at radius 2 is 1.80 bits per heavy atom. The molecule has 178 valence electrons. The Hall–Kier alpha value is -4.12. The van der Waals surface area contributed by atoms with E-state index in [1.54, 1.807) is 25.5 Å². The fraction of sp³-hybridized carbons (Fsp3) is 0.200. The van der Waals surface area contributed by atoms with E-state index in [0.717, 1.165) is 34.8 Å². The Kier molecular flexibility index (Phi) is 7.16. The predicted molar refractivity (Wildman–Crippen MR) is 145 cm³/mol. The lowest BCUT2D eigenvalue weighted by atomic mass is 9.83. The Balaban J connectivity index is 1.83. The van der Waals surface area contributed by atoms with E-state index in [-0.39, 0.29) is 12.1 Å². The highest BCUT2D eigenvalue weighted by Gasteiger charge is 2.33. The monoisotopic (exact) mass is 465 g/mol. The number of nitrogens with zero attached hydrogens (tertiary/aromatic N) is 2. The van der Waals surface area contributed by atoms with Gasteiger partial charge in [0.15, 0.2) is 0 Å². The summed E-state index contributed by atoms with van der Waals surface area (Å²) < 4.78 is 0. The van der Waals surface area contributed by atoms with Crippen molar-refractivity contribution in [2.24, 2.45) is 10.7 Å². The largest absolute Gasteiger partial charge is 0.478 e. The summed E-state index contributed by atoms with van der Waals surface area (Å²) in [4.78, 5) is 17.5. The number of carboxylic acids is 1. The number of aliphatic imine (C=N–C) groups is 1. The molecule has 0 saturated heterocycles. The standard InChI is InChI=1S/C30H31N3O2/c1-20-4-12-27(13-5-20)33-21(2)16-25-17-24(26(18-31)19-32-3)11-14-28(25)30(33)23-9-6-22(7-10-23)8-15-29(34)35/h4-15,17-19,21,30H,16,31H2,1-3H3,(H,34,35)/b15-8+,26-18?,32-19?/t21-,30?/m1/s1. The second-order valence-electron chi connectivity index (χ2n) is 8.96. The van der Waals surface area contributed by atoms with Crippen LogP contribution in [0.1, 0.15) is 46.3 Å². The van der Waals surface area contributed by atoms with Crippen molar-refractivity contribution in [1.29, 1.82) is 0 Å². The van der Waals surface area contributed by atoms with Crippen LogP contribution in [0.25, 0.3) is 11.6 Å². The summed E-state index contributed by atoms with van der Waals surface area (Å²) >= 11 is 0. The van der Waals surface area contributed by atoms with Crippen molar-refractivity contribution in [2.45, 2.75) is 32.4 Å². The Morgan fingerprint density at radius 1 is 1.09 bits per heavy atom. The van der Waals surface area contributed by atoms with E-state index in [2.05, 4.69) is 78.3 Å². The lowest BCUT2D eigenvalue weighted by Gasteiger charge is -2.44. The molecule has 0 fully saturated rings. The van der Waals surface area contributed by atoms with Crippen LogP contribution in [0.2, 0.25) is 0 Å². The van der Waals surface area contributed by atoms with E-state index in [0.29, 0.717) is 0 Å². The highest BCUT2D eigenvalue weighted by atomic mass is 16.4. The molecule has 5 heteroatoms. The zero-order chi connectivity index (χ0) is 24.9. The Morgan fingerprint density at radius 3 is 2.43 bits per heavy atom. The molecule has 0 radical (unpaired) electrons. The van der Waals surface area contributed by atoms with E-state index < -0.39 is 5.97 Å². The molecule has 1 heterocycles. The molecule has 1 unspecified atom stereocenters. The highest BCUT2D eigenvalue weighted by molar-refractivity contribution is 6.09. The van der Waals surface area contributed by atoms with E-state index in [1.165, 1.54) is 22.4 Å². The molecule has 5 nitrogen and oxygen atoms in total. The first-order chi connectivity index (χ1) is 16.9. The zero-order valence-corrected chi connectivity index (χ0v) is 20.3. The molecule has 4 rings (SSSR count). The maximum Gasteiger partial charge on any atom is 0.328 e. The third-order valence-electron chi connectivity index (χ3n) is 6.49. The maximum atomic E-state index is 10.9. The Labute approximate surface area is 206 Å². The molecular formula is C30H31N3O2. The fourth-order valence-corrected chi connectivity index (χ4v) is 4.82. The summed E-state index contributed by atoms with van der Waals surface area (Å²) in [6.07, 6.45) is 7.07. The van der Waals surface area contributed by atoms with Gasteiger partial charge in [-0.3, -0.25) is 4.99 Å². The number of aliphatic carboxylic acids is 1. The number of benzene rings is 3. The van der Waals surface area contributed by atoms with Crippen LogP contribution in [0.4, 0.5) is 5.69 Å². The molecule has 3 aromatic carbocycles. The zero-order valence-electron chi connectivity index (χ0n) is 20.3. The minimum atomic E-state index is -0.954. The number of nitrogens with two attached hydrogens (primary N) is 1. The van der Waals surface area contributed by atoms with Crippen molar-refractivity contribution in [2.75, 3.05) is 11.9 Å². The van der Waals surface area contributed by atoms with Gasteiger partial charge in [0.2, 0.25) is 0 Å². The molecule has 0 bridgehead atoms. The summed E-state index contributed by atoms with van der Waals surface area (Å²) in [7, 11) is 1.74. The molecule has 0 saturated carbocycles. The van der Waals surface area contributed by atoms with Crippen LogP contribution in [0, 0.1) is 6.92 Å². The minimum absolute atomic E-state index is 0.0214. The van der Waals surface area contributed by atoms with Gasteiger partial charge in [0.25, 0.3) is 0 Å². The van der Waals surface area contributed by atoms with Gasteiger partial charge >= 0.3 is 5.97 Å². The summed E-state index contributed by atoms with van der Waals surface area (Å²) in [5.41, 5.74) is 14.8. The SMILES string of the molecule is CN=CC(=CN)c1ccc2c(c1)C[C@@H](C)N(c1ccc(C)cc1)C2c1ccc(/C=C/C(=O)O)cc1. The van der Waals surface area contributed by atoms with Crippen molar-refractivity contribution in [3.63, 3.8) is 0 Å². The molecule has 1 aliphatic rings. The molecule has 3 N–H and O–H groups in total. The summed E-state index contributed by atoms with van der Waals surface area (Å²) in [5.74, 6) is -0.954. The second kappa shape index (κ2) is 10.4. The quantitative estimate of drug-likeness (QED) is 0.365. The first-order valence-corrected chi connectivity index (χ1v) is 11.7. The second-order valence-corrected chi connectivity index (χ2v) is 8.96. The van der Waals surface area contributed by atoms with E-state index in [1.807, 2.05) is 12.1 Å². The van der Waals surface area contributed by atoms with E-state index in [9.17, 15) is 4.79 Å². The summed E-state index contributed by atoms with van der Waals surface area (Å²) in [6, 6.07) is 23.7. The minimum Gasteiger partial charge on any atom is -0.478 e. The smallest absolute Gasteiger partial charge is 0.328 e. The third kappa shape index (κ3) is 5.19. The number of carbonyl (C=O) groups is 1. The summed E-state index contributed by atoms with van der Waals surface area (Å²) in [6.45, 7) is 4.36. The molecule has 3 aromatic rings. The van der Waals surface area contributed by atoms with Crippen LogP contribution in [0.3, 0.4) is 0 Å². The number of hydrogen-bond acceptors (Lipinski definition) is 4. The van der Waals surface area contributed by atoms with Crippen molar-refractivity contribution in [3.8, 4) is 0 Å². The van der Waals surface area contributed by atoms with Gasteiger partial charge < -0.3 is 15.7 Å². The van der Waals surface area contributed by atoms with E-state index in [4.69, 9.17) is 10.8 Å². The topological polar surface area (TPSA) is 78.9 Å². The molecule has 1 aliphatic heterocycles. The number of anilines is 1. The number of carboxylic acid groups (broad SMARTS) is 1. The molecule has 2 atom stereocenters. The molecule has 35 heavy (non-hydrogen) atoms. The third-order valence-corrected chi connectivity index (χ3v) is 6.49. The van der Waals surface area contributed by atoms with Crippen LogP contribution in [0.5, 0.6) is 0 Å². The Bertz CT molecular complexity index is 1290. The van der Waals surface area contributed by atoms with Gasteiger partial charge in [0, 0.05) is 42.8 Å². The number of rotatable bonds is 6. The molecule has 0 aliphatic carbocycles. The normalized spacial score (nSPS) is 18.3. The predicted octanol–water partition coefficient (Wildman–Crippen LogP) is 5.63. The lowest BCUT2D eigenvalue weighted by molar-refractivity contribution is -0.131. The van der Waals surface area contributed by atoms with Crippen molar-refractivity contribution in [3.05, 3.63) is 112 Å². The highest BCUT2D eigenvalue weighted by Crippen LogP contribution is 2.41. The van der Waals surface area contributed by atoms with Crippen LogP contribution in [-0.4, -0.2) is 30.4 Å². The average Bonchev–Trinajstić information content (AvgIpc) is 2.86. The van der Waals surface area contributed by atoms with Gasteiger partial charge in [-0.1, -0.05) is 60.2 Å². The number of aryl methyl sites for hydroxylation is 1. The average molecular weight is 466 g/mol. The number of fused-ring (bicyclic) bond motifs is 1.